The van der Waals surface area contributed by atoms with Crippen LogP contribution in [0.25, 0.3) is 22.2 Å². The zero-order chi connectivity index (χ0) is 27.1. The molecule has 0 spiro atoms. The van der Waals surface area contributed by atoms with E-state index in [0.717, 1.165) is 6.07 Å². The number of hydrogen-bond acceptors (Lipinski definition) is 5. The Labute approximate surface area is 224 Å². The molecule has 2 N–H and O–H groups in total. The highest BCUT2D eigenvalue weighted by molar-refractivity contribution is 7.91. The average Bonchev–Trinajstić information content (AvgIpc) is 3.24. The number of aromatic amines is 1. The third kappa shape index (κ3) is 5.53. The zero-order valence-corrected chi connectivity index (χ0v) is 22.0. The quantitative estimate of drug-likeness (QED) is 0.241. The molecule has 0 fully saturated rings. The van der Waals surface area contributed by atoms with Gasteiger partial charge in [-0.1, -0.05) is 66.0 Å². The molecule has 13 heteroatoms. The molecule has 0 aliphatic heterocycles. The first-order valence-electron chi connectivity index (χ1n) is 10.7. The van der Waals surface area contributed by atoms with Crippen molar-refractivity contribution in [1.82, 2.24) is 9.97 Å². The third-order valence-electron chi connectivity index (χ3n) is 5.67. The topological polar surface area (TPSA) is 92.3 Å². The lowest BCUT2D eigenvalue weighted by atomic mass is 9.99. The molecule has 1 unspecified atom stereocenters. The molecule has 4 rings (SSSR count). The number of alkyl halides is 3. The number of aliphatic hydroxyl groups is 1. The fourth-order valence-corrected chi connectivity index (χ4v) is 5.87. The van der Waals surface area contributed by atoms with Gasteiger partial charge in [-0.15, -0.1) is 13.2 Å². The second-order valence-corrected chi connectivity index (χ2v) is 11.4. The fourth-order valence-electron chi connectivity index (χ4n) is 3.88. The van der Waals surface area contributed by atoms with Gasteiger partial charge in [-0.25, -0.2) is 13.4 Å². The minimum atomic E-state index is -4.93. The van der Waals surface area contributed by atoms with Gasteiger partial charge in [0.25, 0.3) is 0 Å². The lowest BCUT2D eigenvalue weighted by Gasteiger charge is -2.15. The van der Waals surface area contributed by atoms with Gasteiger partial charge in [0.1, 0.15) is 17.1 Å². The van der Waals surface area contributed by atoms with Crippen molar-refractivity contribution >= 4 is 55.7 Å². The van der Waals surface area contributed by atoms with Gasteiger partial charge < -0.3 is 14.8 Å². The summed E-state index contributed by atoms with van der Waals surface area (Å²) in [6.07, 6.45) is -4.93. The van der Waals surface area contributed by atoms with Crippen LogP contribution in [0.5, 0.6) is 5.75 Å². The molecule has 0 amide bonds. The van der Waals surface area contributed by atoms with Crippen molar-refractivity contribution in [3.8, 4) is 16.9 Å². The smallest absolute Gasteiger partial charge is 0.405 e. The number of imidazole rings is 1. The second kappa shape index (κ2) is 10.3. The van der Waals surface area contributed by atoms with Crippen LogP contribution < -0.4 is 4.74 Å². The summed E-state index contributed by atoms with van der Waals surface area (Å²) in [5, 5.41) is 10.3. The molecule has 0 bridgehead atoms. The van der Waals surface area contributed by atoms with E-state index < -0.39 is 34.5 Å². The number of rotatable bonds is 7. The Morgan fingerprint density at radius 1 is 1.08 bits per heavy atom. The maximum Gasteiger partial charge on any atom is 0.573 e. The van der Waals surface area contributed by atoms with Crippen LogP contribution in [0.4, 0.5) is 13.2 Å². The predicted molar refractivity (Wildman–Crippen MR) is 136 cm³/mol. The van der Waals surface area contributed by atoms with E-state index in [4.69, 9.17) is 34.8 Å². The zero-order valence-electron chi connectivity index (χ0n) is 18.9. The summed E-state index contributed by atoms with van der Waals surface area (Å²) < 4.78 is 67.4. The van der Waals surface area contributed by atoms with E-state index in [2.05, 4.69) is 14.7 Å². The highest BCUT2D eigenvalue weighted by Gasteiger charge is 2.33. The van der Waals surface area contributed by atoms with Gasteiger partial charge in [0, 0.05) is 16.1 Å². The maximum atomic E-state index is 13.0. The van der Waals surface area contributed by atoms with Crippen LogP contribution in [0.3, 0.4) is 0 Å². The number of fused-ring (bicyclic) bond motifs is 1. The second-order valence-electron chi connectivity index (χ2n) is 7.93. The molecule has 1 heterocycles. The molecular formula is C24H18Cl3F3N2O4S. The van der Waals surface area contributed by atoms with E-state index in [0.29, 0.717) is 11.1 Å². The van der Waals surface area contributed by atoms with Crippen molar-refractivity contribution in [1.29, 1.82) is 0 Å². The fraction of sp³-hybridized carbons (Fsp3) is 0.208. The highest BCUT2D eigenvalue weighted by atomic mass is 35.5. The van der Waals surface area contributed by atoms with Gasteiger partial charge in [0.05, 0.1) is 38.7 Å². The average molecular weight is 594 g/mol. The number of hydrogen-bond donors (Lipinski definition) is 2. The molecule has 0 saturated heterocycles. The van der Waals surface area contributed by atoms with Crippen LogP contribution in [-0.2, 0) is 9.84 Å². The molecule has 3 aromatic carbocycles. The van der Waals surface area contributed by atoms with Gasteiger partial charge in [0.15, 0.2) is 9.84 Å². The van der Waals surface area contributed by atoms with E-state index in [1.807, 2.05) is 0 Å². The lowest BCUT2D eigenvalue weighted by Crippen LogP contribution is -2.17. The number of benzene rings is 3. The largest absolute Gasteiger partial charge is 0.573 e. The molecule has 0 radical (unpaired) electrons. The molecule has 37 heavy (non-hydrogen) atoms. The van der Waals surface area contributed by atoms with Crippen molar-refractivity contribution in [2.45, 2.75) is 24.1 Å². The van der Waals surface area contributed by atoms with Gasteiger partial charge in [-0.2, -0.15) is 0 Å². The Morgan fingerprint density at radius 3 is 2.41 bits per heavy atom. The normalized spacial score (nSPS) is 13.2. The highest BCUT2D eigenvalue weighted by Crippen LogP contribution is 2.44. The van der Waals surface area contributed by atoms with Crippen molar-refractivity contribution in [2.24, 2.45) is 0 Å². The molecule has 1 atom stereocenters. The van der Waals surface area contributed by atoms with Gasteiger partial charge in [-0.05, 0) is 29.8 Å². The Hall–Kier alpha value is -2.50. The number of nitrogens with one attached hydrogen (secondary N) is 1. The lowest BCUT2D eigenvalue weighted by molar-refractivity contribution is -0.274. The van der Waals surface area contributed by atoms with Crippen molar-refractivity contribution in [3.05, 3.63) is 75.0 Å². The molecule has 1 aromatic heterocycles. The number of ether oxygens (including phenoxy) is 1. The number of H-pyrrole nitrogens is 1. The van der Waals surface area contributed by atoms with Crippen LogP contribution in [0.2, 0.25) is 15.1 Å². The Morgan fingerprint density at radius 2 is 1.78 bits per heavy atom. The standard InChI is InChI=1S/C24H18Cl3F3N2O4S/c1-2-37(34,35)12-7-8-13(16(25)9-12)15(11-33)23-31-18-10-17(26)20(21(27)22(18)32-23)14-5-3-4-6-19(14)36-24(28,29)30/h3-10,15,33H,2,11H2,1H3,(H,31,32). The first kappa shape index (κ1) is 27.5. The van der Waals surface area contributed by atoms with E-state index in [1.165, 1.54) is 49.4 Å². The van der Waals surface area contributed by atoms with Crippen LogP contribution >= 0.6 is 34.8 Å². The first-order chi connectivity index (χ1) is 17.4. The summed E-state index contributed by atoms with van der Waals surface area (Å²) in [6.45, 7) is 1.07. The van der Waals surface area contributed by atoms with Gasteiger partial charge in [-0.3, -0.25) is 0 Å². The number of aromatic nitrogens is 2. The summed E-state index contributed by atoms with van der Waals surface area (Å²) in [5.41, 5.74) is 1.06. The maximum absolute atomic E-state index is 13.0. The van der Waals surface area contributed by atoms with Gasteiger partial charge >= 0.3 is 6.36 Å². The number of halogens is 6. The summed E-state index contributed by atoms with van der Waals surface area (Å²) >= 11 is 19.4. The summed E-state index contributed by atoms with van der Waals surface area (Å²) in [6, 6.07) is 11.1. The molecule has 0 saturated carbocycles. The summed E-state index contributed by atoms with van der Waals surface area (Å²) in [5.74, 6) is -1.15. The summed E-state index contributed by atoms with van der Waals surface area (Å²) in [7, 11) is -3.49. The Balaban J connectivity index is 1.82. The predicted octanol–water partition coefficient (Wildman–Crippen LogP) is 7.01. The van der Waals surface area contributed by atoms with Crippen LogP contribution in [0.15, 0.2) is 53.4 Å². The Kier molecular flexibility index (Phi) is 7.69. The minimum absolute atomic E-state index is 0.00995. The minimum Gasteiger partial charge on any atom is -0.405 e. The van der Waals surface area contributed by atoms with Crippen molar-refractivity contribution in [3.63, 3.8) is 0 Å². The molecule has 196 valence electrons. The first-order valence-corrected chi connectivity index (χ1v) is 13.5. The van der Waals surface area contributed by atoms with Crippen molar-refractivity contribution < 1.29 is 31.4 Å². The Bertz CT molecular complexity index is 1590. The third-order valence-corrected chi connectivity index (χ3v) is 8.39. The molecule has 0 aliphatic rings. The van der Waals surface area contributed by atoms with Crippen LogP contribution in [0, 0.1) is 0 Å². The van der Waals surface area contributed by atoms with E-state index >= 15 is 0 Å². The molecule has 6 nitrogen and oxygen atoms in total. The van der Waals surface area contributed by atoms with Crippen molar-refractivity contribution in [2.75, 3.05) is 12.4 Å². The monoisotopic (exact) mass is 592 g/mol. The molecule has 4 aromatic rings. The van der Waals surface area contributed by atoms with Gasteiger partial charge in [0.2, 0.25) is 0 Å². The number of para-hydroxylation sites is 1. The van der Waals surface area contributed by atoms with Crippen LogP contribution in [-0.4, -0.2) is 42.2 Å². The van der Waals surface area contributed by atoms with Crippen LogP contribution in [0.1, 0.15) is 24.2 Å². The number of aliphatic hydroxyl groups excluding tert-OH is 1. The number of nitrogens with zero attached hydrogens (tertiary/aromatic N) is 1. The number of sulfone groups is 1. The van der Waals surface area contributed by atoms with E-state index in [1.54, 1.807) is 0 Å². The molecular weight excluding hydrogens is 576 g/mol. The summed E-state index contributed by atoms with van der Waals surface area (Å²) in [4.78, 5) is 7.53. The molecule has 0 aliphatic carbocycles. The SMILES string of the molecule is CCS(=O)(=O)c1ccc(C(CO)c2nc3c(Cl)c(-c4ccccc4OC(F)(F)F)c(Cl)cc3[nH]2)c(Cl)c1. The van der Waals surface area contributed by atoms with E-state index in [9.17, 15) is 26.7 Å². The van der Waals surface area contributed by atoms with E-state index in [-0.39, 0.29) is 48.2 Å².